The highest BCUT2D eigenvalue weighted by atomic mass is 16.5. The molecule has 0 aromatic heterocycles. The summed E-state index contributed by atoms with van der Waals surface area (Å²) in [5.74, 6) is 0.923. The van der Waals surface area contributed by atoms with E-state index in [1.165, 1.54) is 0 Å². The smallest absolute Gasteiger partial charge is 0.126 e. The SMILES string of the molecule is COc1c(C)ccc(NC(C)c2ccc(C#N)cc2)c1C. The molecule has 2 aromatic carbocycles. The first-order valence-corrected chi connectivity index (χ1v) is 6.97. The first kappa shape index (κ1) is 14.9. The van der Waals surface area contributed by atoms with E-state index in [1.807, 2.05) is 31.2 Å². The van der Waals surface area contributed by atoms with Crippen molar-refractivity contribution >= 4 is 5.69 Å². The van der Waals surface area contributed by atoms with Gasteiger partial charge in [-0.2, -0.15) is 5.26 Å². The van der Waals surface area contributed by atoms with Crippen molar-refractivity contribution in [2.45, 2.75) is 26.8 Å². The van der Waals surface area contributed by atoms with Crippen molar-refractivity contribution in [3.8, 4) is 11.8 Å². The second-order valence-corrected chi connectivity index (χ2v) is 5.19. The molecule has 1 unspecified atom stereocenters. The molecule has 0 saturated heterocycles. The number of nitrogens with zero attached hydrogens (tertiary/aromatic N) is 1. The van der Waals surface area contributed by atoms with E-state index in [0.717, 1.165) is 28.1 Å². The Morgan fingerprint density at radius 3 is 2.33 bits per heavy atom. The van der Waals surface area contributed by atoms with Crippen LogP contribution in [0.3, 0.4) is 0 Å². The van der Waals surface area contributed by atoms with Gasteiger partial charge in [0.25, 0.3) is 0 Å². The summed E-state index contributed by atoms with van der Waals surface area (Å²) in [7, 11) is 1.70. The molecule has 21 heavy (non-hydrogen) atoms. The fourth-order valence-electron chi connectivity index (χ4n) is 2.46. The molecule has 2 aromatic rings. The van der Waals surface area contributed by atoms with Gasteiger partial charge in [0, 0.05) is 17.3 Å². The van der Waals surface area contributed by atoms with Gasteiger partial charge in [0.1, 0.15) is 5.75 Å². The van der Waals surface area contributed by atoms with Gasteiger partial charge >= 0.3 is 0 Å². The molecule has 0 spiro atoms. The zero-order valence-electron chi connectivity index (χ0n) is 12.9. The lowest BCUT2D eigenvalue weighted by molar-refractivity contribution is 0.409. The molecular formula is C18H20N2O. The number of hydrogen-bond donors (Lipinski definition) is 1. The van der Waals surface area contributed by atoms with Gasteiger partial charge in [-0.15, -0.1) is 0 Å². The highest BCUT2D eigenvalue weighted by molar-refractivity contribution is 5.60. The Labute approximate surface area is 126 Å². The zero-order chi connectivity index (χ0) is 15.4. The van der Waals surface area contributed by atoms with Crippen LogP contribution in [0.1, 0.15) is 35.2 Å². The first-order valence-electron chi connectivity index (χ1n) is 6.97. The van der Waals surface area contributed by atoms with Crippen molar-refractivity contribution < 1.29 is 4.74 Å². The maximum Gasteiger partial charge on any atom is 0.126 e. The van der Waals surface area contributed by atoms with Crippen LogP contribution >= 0.6 is 0 Å². The molecule has 3 heteroatoms. The van der Waals surface area contributed by atoms with E-state index in [9.17, 15) is 0 Å². The fraction of sp³-hybridized carbons (Fsp3) is 0.278. The van der Waals surface area contributed by atoms with E-state index in [-0.39, 0.29) is 6.04 Å². The predicted molar refractivity (Wildman–Crippen MR) is 85.7 cm³/mol. The lowest BCUT2D eigenvalue weighted by Crippen LogP contribution is -2.08. The molecule has 0 radical (unpaired) electrons. The second-order valence-electron chi connectivity index (χ2n) is 5.19. The molecule has 3 nitrogen and oxygen atoms in total. The van der Waals surface area contributed by atoms with Crippen molar-refractivity contribution in [1.29, 1.82) is 5.26 Å². The number of nitrogens with one attached hydrogen (secondary N) is 1. The van der Waals surface area contributed by atoms with Crippen LogP contribution in [0.25, 0.3) is 0 Å². The Morgan fingerprint density at radius 1 is 1.10 bits per heavy atom. The standard InChI is InChI=1S/C18H20N2O/c1-12-5-10-17(13(2)18(12)21-4)20-14(3)16-8-6-15(11-19)7-9-16/h5-10,14,20H,1-4H3. The third kappa shape index (κ3) is 3.17. The number of aryl methyl sites for hydroxylation is 1. The largest absolute Gasteiger partial charge is 0.496 e. The minimum atomic E-state index is 0.156. The Balaban J connectivity index is 2.23. The van der Waals surface area contributed by atoms with E-state index in [1.54, 1.807) is 7.11 Å². The van der Waals surface area contributed by atoms with Crippen LogP contribution in [-0.2, 0) is 0 Å². The number of benzene rings is 2. The van der Waals surface area contributed by atoms with Crippen LogP contribution < -0.4 is 10.1 Å². The molecule has 0 fully saturated rings. The van der Waals surface area contributed by atoms with Crippen molar-refractivity contribution in [2.24, 2.45) is 0 Å². The van der Waals surface area contributed by atoms with Crippen LogP contribution in [0.5, 0.6) is 5.75 Å². The molecule has 1 atom stereocenters. The Morgan fingerprint density at radius 2 is 1.76 bits per heavy atom. The van der Waals surface area contributed by atoms with Crippen LogP contribution in [-0.4, -0.2) is 7.11 Å². The van der Waals surface area contributed by atoms with Crippen LogP contribution in [0.4, 0.5) is 5.69 Å². The minimum absolute atomic E-state index is 0.156. The summed E-state index contributed by atoms with van der Waals surface area (Å²) in [5.41, 5.74) is 5.13. The third-order valence-electron chi connectivity index (χ3n) is 3.72. The lowest BCUT2D eigenvalue weighted by atomic mass is 10.0. The van der Waals surface area contributed by atoms with Crippen molar-refractivity contribution in [2.75, 3.05) is 12.4 Å². The Hall–Kier alpha value is -2.47. The molecule has 108 valence electrons. The molecule has 0 heterocycles. The fourth-order valence-corrected chi connectivity index (χ4v) is 2.46. The van der Waals surface area contributed by atoms with Crippen LogP contribution in [0, 0.1) is 25.2 Å². The van der Waals surface area contributed by atoms with Crippen LogP contribution in [0.15, 0.2) is 36.4 Å². The summed E-state index contributed by atoms with van der Waals surface area (Å²) in [5, 5.41) is 12.3. The van der Waals surface area contributed by atoms with Gasteiger partial charge in [-0.05, 0) is 50.1 Å². The third-order valence-corrected chi connectivity index (χ3v) is 3.72. The molecule has 2 rings (SSSR count). The summed E-state index contributed by atoms with van der Waals surface area (Å²) in [6, 6.07) is 14.1. The number of nitriles is 1. The Bertz CT molecular complexity index is 669. The van der Waals surface area contributed by atoms with Gasteiger partial charge in [-0.1, -0.05) is 18.2 Å². The maximum atomic E-state index is 8.84. The van der Waals surface area contributed by atoms with Gasteiger partial charge < -0.3 is 10.1 Å². The first-order chi connectivity index (χ1) is 10.1. The van der Waals surface area contributed by atoms with E-state index in [4.69, 9.17) is 10.00 Å². The normalized spacial score (nSPS) is 11.6. The highest BCUT2D eigenvalue weighted by Gasteiger charge is 2.11. The van der Waals surface area contributed by atoms with E-state index < -0.39 is 0 Å². The molecule has 0 bridgehead atoms. The number of methoxy groups -OCH3 is 1. The van der Waals surface area contributed by atoms with Gasteiger partial charge in [-0.3, -0.25) is 0 Å². The zero-order valence-corrected chi connectivity index (χ0v) is 12.9. The molecular weight excluding hydrogens is 260 g/mol. The summed E-state index contributed by atoms with van der Waals surface area (Å²) in [4.78, 5) is 0. The maximum absolute atomic E-state index is 8.84. The molecule has 0 aliphatic carbocycles. The van der Waals surface area contributed by atoms with Crippen molar-refractivity contribution in [3.05, 3.63) is 58.7 Å². The van der Waals surface area contributed by atoms with Crippen LogP contribution in [0.2, 0.25) is 0 Å². The topological polar surface area (TPSA) is 45.0 Å². The van der Waals surface area contributed by atoms with Gasteiger partial charge in [0.2, 0.25) is 0 Å². The molecule has 0 saturated carbocycles. The van der Waals surface area contributed by atoms with Crippen molar-refractivity contribution in [3.63, 3.8) is 0 Å². The van der Waals surface area contributed by atoms with Gasteiger partial charge in [0.05, 0.1) is 18.7 Å². The summed E-state index contributed by atoms with van der Waals surface area (Å²) < 4.78 is 5.46. The average Bonchev–Trinajstić information content (AvgIpc) is 2.50. The second kappa shape index (κ2) is 6.32. The van der Waals surface area contributed by atoms with Gasteiger partial charge in [0.15, 0.2) is 0 Å². The Kier molecular flexibility index (Phi) is 4.49. The van der Waals surface area contributed by atoms with Gasteiger partial charge in [-0.25, -0.2) is 0 Å². The van der Waals surface area contributed by atoms with E-state index >= 15 is 0 Å². The van der Waals surface area contributed by atoms with Crippen molar-refractivity contribution in [1.82, 2.24) is 0 Å². The highest BCUT2D eigenvalue weighted by Crippen LogP contribution is 2.31. The molecule has 0 amide bonds. The summed E-state index contributed by atoms with van der Waals surface area (Å²) >= 11 is 0. The quantitative estimate of drug-likeness (QED) is 0.905. The molecule has 0 aliphatic heterocycles. The summed E-state index contributed by atoms with van der Waals surface area (Å²) in [6.07, 6.45) is 0. The van der Waals surface area contributed by atoms with E-state index in [0.29, 0.717) is 5.56 Å². The van der Waals surface area contributed by atoms with E-state index in [2.05, 4.69) is 37.4 Å². The number of anilines is 1. The lowest BCUT2D eigenvalue weighted by Gasteiger charge is -2.19. The monoisotopic (exact) mass is 280 g/mol. The predicted octanol–water partition coefficient (Wildman–Crippen LogP) is 4.36. The number of ether oxygens (including phenoxy) is 1. The molecule has 1 N–H and O–H groups in total. The average molecular weight is 280 g/mol. The minimum Gasteiger partial charge on any atom is -0.496 e. The number of hydrogen-bond acceptors (Lipinski definition) is 3. The molecule has 0 aliphatic rings. The number of rotatable bonds is 4. The summed E-state index contributed by atoms with van der Waals surface area (Å²) in [6.45, 7) is 6.20.